The van der Waals surface area contributed by atoms with Crippen LogP contribution < -0.4 is 25.0 Å². The van der Waals surface area contributed by atoms with Gasteiger partial charge >= 0.3 is 6.03 Å². The van der Waals surface area contributed by atoms with Gasteiger partial charge in [0.2, 0.25) is 0 Å². The molecule has 0 atom stereocenters. The standard InChI is InChI=1S/C27H20Cl3N3O7/c1-2-39-22-11-14(9-18-25(36)32-27(38)33(26(18)37)16-4-6-17(34)7-5-16)10-21(30)24(22)40-13-23(35)31-15-3-8-19(28)20(29)12-15/h3-12,34H,2,13H2,1H3,(H,31,35)(H,32,36,38)/b18-9-. The summed E-state index contributed by atoms with van der Waals surface area (Å²) in [5.74, 6) is -2.14. The van der Waals surface area contributed by atoms with Gasteiger partial charge in [0, 0.05) is 5.69 Å². The van der Waals surface area contributed by atoms with Crippen LogP contribution in [0.25, 0.3) is 6.08 Å². The van der Waals surface area contributed by atoms with E-state index in [0.717, 1.165) is 4.90 Å². The molecule has 0 spiro atoms. The lowest BCUT2D eigenvalue weighted by Gasteiger charge is -2.26. The summed E-state index contributed by atoms with van der Waals surface area (Å²) < 4.78 is 11.2. The highest BCUT2D eigenvalue weighted by molar-refractivity contribution is 6.42. The van der Waals surface area contributed by atoms with Crippen molar-refractivity contribution in [3.63, 3.8) is 0 Å². The van der Waals surface area contributed by atoms with Gasteiger partial charge < -0.3 is 19.9 Å². The summed E-state index contributed by atoms with van der Waals surface area (Å²) in [6.45, 7) is 1.51. The Hall–Kier alpha value is -4.25. The molecule has 0 aromatic heterocycles. The van der Waals surface area contributed by atoms with Gasteiger partial charge in [-0.2, -0.15) is 0 Å². The molecule has 10 nitrogen and oxygen atoms in total. The zero-order chi connectivity index (χ0) is 29.0. The van der Waals surface area contributed by atoms with E-state index in [0.29, 0.717) is 16.3 Å². The molecule has 0 saturated carbocycles. The van der Waals surface area contributed by atoms with Gasteiger partial charge in [0.1, 0.15) is 11.3 Å². The summed E-state index contributed by atoms with van der Waals surface area (Å²) in [6, 6.07) is 11.8. The van der Waals surface area contributed by atoms with Gasteiger partial charge in [0.25, 0.3) is 17.7 Å². The van der Waals surface area contributed by atoms with Crippen LogP contribution in [0, 0.1) is 0 Å². The molecule has 3 aromatic rings. The Morgan fingerprint density at radius 2 is 1.70 bits per heavy atom. The van der Waals surface area contributed by atoms with E-state index in [-0.39, 0.29) is 45.2 Å². The number of phenolic OH excluding ortho intramolecular Hbond substituents is 1. The lowest BCUT2D eigenvalue weighted by atomic mass is 10.1. The van der Waals surface area contributed by atoms with E-state index in [1.165, 1.54) is 54.6 Å². The number of amides is 5. The van der Waals surface area contributed by atoms with Crippen molar-refractivity contribution >= 4 is 76.0 Å². The van der Waals surface area contributed by atoms with E-state index in [4.69, 9.17) is 44.3 Å². The van der Waals surface area contributed by atoms with Crippen molar-refractivity contribution in [3.8, 4) is 17.2 Å². The highest BCUT2D eigenvalue weighted by Gasteiger charge is 2.37. The molecule has 40 heavy (non-hydrogen) atoms. The second kappa shape index (κ2) is 12.3. The van der Waals surface area contributed by atoms with E-state index in [2.05, 4.69) is 10.6 Å². The maximum Gasteiger partial charge on any atom is 0.335 e. The number of urea groups is 1. The molecule has 1 saturated heterocycles. The fourth-order valence-corrected chi connectivity index (χ4v) is 4.22. The van der Waals surface area contributed by atoms with E-state index >= 15 is 0 Å². The molecule has 0 unspecified atom stereocenters. The minimum atomic E-state index is -0.936. The van der Waals surface area contributed by atoms with Crippen molar-refractivity contribution in [2.75, 3.05) is 23.4 Å². The minimum Gasteiger partial charge on any atom is -0.508 e. The Balaban J connectivity index is 1.57. The number of carbonyl (C=O) groups excluding carboxylic acids is 4. The second-order valence-electron chi connectivity index (χ2n) is 8.20. The number of carbonyl (C=O) groups is 4. The highest BCUT2D eigenvalue weighted by Crippen LogP contribution is 2.38. The first-order valence-electron chi connectivity index (χ1n) is 11.6. The summed E-state index contributed by atoms with van der Waals surface area (Å²) in [7, 11) is 0. The average molecular weight is 605 g/mol. The number of benzene rings is 3. The Bertz CT molecular complexity index is 1540. The zero-order valence-electron chi connectivity index (χ0n) is 20.7. The van der Waals surface area contributed by atoms with Gasteiger partial charge in [0.05, 0.1) is 27.4 Å². The predicted molar refractivity (Wildman–Crippen MR) is 150 cm³/mol. The quantitative estimate of drug-likeness (QED) is 0.230. The number of ether oxygens (including phenoxy) is 2. The predicted octanol–water partition coefficient (Wildman–Crippen LogP) is 5.44. The molecule has 5 amide bonds. The minimum absolute atomic E-state index is 0.0373. The molecule has 1 heterocycles. The molecule has 0 bridgehead atoms. The summed E-state index contributed by atoms with van der Waals surface area (Å²) in [6.07, 6.45) is 1.24. The molecule has 4 rings (SSSR count). The van der Waals surface area contributed by atoms with Crippen LogP contribution in [0.1, 0.15) is 12.5 Å². The van der Waals surface area contributed by atoms with E-state index in [9.17, 15) is 24.3 Å². The second-order valence-corrected chi connectivity index (χ2v) is 9.42. The van der Waals surface area contributed by atoms with Gasteiger partial charge in [0.15, 0.2) is 18.1 Å². The van der Waals surface area contributed by atoms with Crippen LogP contribution in [0.5, 0.6) is 17.2 Å². The normalized spacial score (nSPS) is 14.2. The summed E-state index contributed by atoms with van der Waals surface area (Å²) in [5, 5.41) is 14.9. The number of anilines is 2. The first kappa shape index (κ1) is 28.8. The molecule has 3 N–H and O–H groups in total. The van der Waals surface area contributed by atoms with Gasteiger partial charge in [-0.1, -0.05) is 34.8 Å². The van der Waals surface area contributed by atoms with Crippen LogP contribution in [0.3, 0.4) is 0 Å². The van der Waals surface area contributed by atoms with Gasteiger partial charge in [-0.25, -0.2) is 9.69 Å². The topological polar surface area (TPSA) is 134 Å². The fraction of sp³-hybridized carbons (Fsp3) is 0.111. The third-order valence-corrected chi connectivity index (χ3v) is 6.42. The third kappa shape index (κ3) is 6.48. The van der Waals surface area contributed by atoms with Crippen molar-refractivity contribution in [2.45, 2.75) is 6.92 Å². The van der Waals surface area contributed by atoms with Gasteiger partial charge in [-0.3, -0.25) is 19.7 Å². The van der Waals surface area contributed by atoms with Crippen molar-refractivity contribution in [1.29, 1.82) is 0 Å². The number of halogens is 3. The third-order valence-electron chi connectivity index (χ3n) is 5.40. The molecule has 0 radical (unpaired) electrons. The first-order chi connectivity index (χ1) is 19.1. The SMILES string of the molecule is CCOc1cc(/C=C2/C(=O)NC(=O)N(c3ccc(O)cc3)C2=O)cc(Cl)c1OCC(=O)Nc1ccc(Cl)c(Cl)c1. The van der Waals surface area contributed by atoms with Crippen LogP contribution in [-0.2, 0) is 14.4 Å². The summed E-state index contributed by atoms with van der Waals surface area (Å²) in [5.41, 5.74) is 0.506. The number of hydrogen-bond donors (Lipinski definition) is 3. The molecule has 206 valence electrons. The molecule has 1 fully saturated rings. The molecular formula is C27H20Cl3N3O7. The summed E-state index contributed by atoms with van der Waals surface area (Å²) >= 11 is 18.3. The molecule has 3 aromatic carbocycles. The molecule has 1 aliphatic heterocycles. The number of nitrogens with zero attached hydrogens (tertiary/aromatic N) is 1. The first-order valence-corrected chi connectivity index (χ1v) is 12.7. The zero-order valence-corrected chi connectivity index (χ0v) is 22.9. The van der Waals surface area contributed by atoms with Crippen molar-refractivity contribution in [2.24, 2.45) is 0 Å². The van der Waals surface area contributed by atoms with Gasteiger partial charge in [-0.15, -0.1) is 0 Å². The summed E-state index contributed by atoms with van der Waals surface area (Å²) in [4.78, 5) is 51.3. The van der Waals surface area contributed by atoms with Crippen molar-refractivity contribution in [3.05, 3.63) is 80.8 Å². The van der Waals surface area contributed by atoms with Crippen LogP contribution in [0.15, 0.2) is 60.2 Å². The van der Waals surface area contributed by atoms with Crippen molar-refractivity contribution in [1.82, 2.24) is 5.32 Å². The molecule has 1 aliphatic rings. The number of hydrogen-bond acceptors (Lipinski definition) is 7. The molecule has 13 heteroatoms. The Labute approximate surface area is 243 Å². The lowest BCUT2D eigenvalue weighted by Crippen LogP contribution is -2.54. The largest absolute Gasteiger partial charge is 0.508 e. The number of aromatic hydroxyl groups is 1. The molecular weight excluding hydrogens is 585 g/mol. The Morgan fingerprint density at radius 3 is 2.38 bits per heavy atom. The van der Waals surface area contributed by atoms with Crippen LogP contribution in [0.4, 0.5) is 16.2 Å². The van der Waals surface area contributed by atoms with Crippen LogP contribution >= 0.6 is 34.8 Å². The van der Waals surface area contributed by atoms with E-state index in [1.54, 1.807) is 13.0 Å². The maximum atomic E-state index is 13.1. The smallest absolute Gasteiger partial charge is 0.335 e. The average Bonchev–Trinajstić information content (AvgIpc) is 2.89. The molecule has 0 aliphatic carbocycles. The monoisotopic (exact) mass is 603 g/mol. The van der Waals surface area contributed by atoms with Crippen molar-refractivity contribution < 1.29 is 33.8 Å². The Morgan fingerprint density at radius 1 is 0.975 bits per heavy atom. The lowest BCUT2D eigenvalue weighted by molar-refractivity contribution is -0.122. The number of barbiturate groups is 1. The van der Waals surface area contributed by atoms with Gasteiger partial charge in [-0.05, 0) is 73.2 Å². The number of phenols is 1. The maximum absolute atomic E-state index is 13.1. The number of imide groups is 2. The number of rotatable bonds is 8. The van der Waals surface area contributed by atoms with Crippen LogP contribution in [0.2, 0.25) is 15.1 Å². The Kier molecular flexibility index (Phi) is 8.83. The van der Waals surface area contributed by atoms with E-state index < -0.39 is 30.4 Å². The van der Waals surface area contributed by atoms with Crippen LogP contribution in [-0.4, -0.2) is 42.1 Å². The fourth-order valence-electron chi connectivity index (χ4n) is 3.64. The number of nitrogens with one attached hydrogen (secondary N) is 2. The van der Waals surface area contributed by atoms with E-state index in [1.807, 2.05) is 0 Å². The highest BCUT2D eigenvalue weighted by atomic mass is 35.5.